The lowest BCUT2D eigenvalue weighted by atomic mass is 9.97. The molecule has 0 saturated heterocycles. The molecule has 1 heterocycles. The summed E-state index contributed by atoms with van der Waals surface area (Å²) < 4.78 is 38.2. The monoisotopic (exact) mass is 356 g/mol. The van der Waals surface area contributed by atoms with Crippen LogP contribution in [0.3, 0.4) is 0 Å². The molecule has 1 aromatic rings. The van der Waals surface area contributed by atoms with Gasteiger partial charge < -0.3 is 10.4 Å². The minimum Gasteiger partial charge on any atom is -0.389 e. The van der Waals surface area contributed by atoms with Crippen LogP contribution in [0.4, 0.5) is 19.1 Å². The van der Waals surface area contributed by atoms with Crippen LogP contribution in [0.25, 0.3) is 5.57 Å². The van der Waals surface area contributed by atoms with Crippen LogP contribution in [0.2, 0.25) is 0 Å². The zero-order chi connectivity index (χ0) is 18.0. The highest BCUT2D eigenvalue weighted by Gasteiger charge is 2.35. The number of anilines is 1. The van der Waals surface area contributed by atoms with Crippen LogP contribution in [0.15, 0.2) is 6.08 Å². The van der Waals surface area contributed by atoms with Crippen LogP contribution in [0.1, 0.15) is 57.1 Å². The number of aliphatic hydroxyl groups excluding tert-OH is 1. The number of halogens is 3. The Morgan fingerprint density at radius 3 is 2.64 bits per heavy atom. The predicted molar refractivity (Wildman–Crippen MR) is 87.8 cm³/mol. The van der Waals surface area contributed by atoms with Crippen molar-refractivity contribution in [3.8, 4) is 0 Å². The lowest BCUT2D eigenvalue weighted by Gasteiger charge is -2.18. The third-order valence-corrected chi connectivity index (χ3v) is 4.58. The number of allylic oxidation sites excluding steroid dienone is 1. The highest BCUT2D eigenvalue weighted by Crippen LogP contribution is 2.30. The van der Waals surface area contributed by atoms with Crippen LogP contribution >= 0.6 is 0 Å². The third kappa shape index (κ3) is 5.14. The minimum atomic E-state index is -4.21. The third-order valence-electron chi connectivity index (χ3n) is 4.58. The number of hydrogen-bond donors (Lipinski definition) is 2. The molecule has 138 valence electrons. The zero-order valence-corrected chi connectivity index (χ0v) is 14.2. The second-order valence-electron chi connectivity index (χ2n) is 6.95. The van der Waals surface area contributed by atoms with Gasteiger partial charge in [0.05, 0.1) is 12.0 Å². The number of aromatic nitrogens is 3. The molecule has 0 bridgehead atoms. The van der Waals surface area contributed by atoms with E-state index < -0.39 is 18.2 Å². The van der Waals surface area contributed by atoms with Gasteiger partial charge >= 0.3 is 6.18 Å². The summed E-state index contributed by atoms with van der Waals surface area (Å²) in [5.41, 5.74) is 0.838. The molecule has 25 heavy (non-hydrogen) atoms. The number of aliphatic hydroxyl groups is 1. The second-order valence-corrected chi connectivity index (χ2v) is 6.95. The molecule has 1 unspecified atom stereocenters. The van der Waals surface area contributed by atoms with Gasteiger partial charge in [0, 0.05) is 12.5 Å². The Bertz CT molecular complexity index is 643. The summed E-state index contributed by atoms with van der Waals surface area (Å²) in [6.45, 7) is 1.17. The molecular weight excluding hydrogens is 333 g/mol. The van der Waals surface area contributed by atoms with E-state index in [-0.39, 0.29) is 12.8 Å². The fraction of sp³-hybridized carbons (Fsp3) is 0.706. The highest BCUT2D eigenvalue weighted by atomic mass is 19.4. The summed E-state index contributed by atoms with van der Waals surface area (Å²) >= 11 is 0. The van der Waals surface area contributed by atoms with E-state index in [1.54, 1.807) is 6.08 Å². The molecule has 0 aliphatic heterocycles. The molecule has 8 heteroatoms. The molecule has 0 radical (unpaired) electrons. The first-order chi connectivity index (χ1) is 11.8. The van der Waals surface area contributed by atoms with E-state index in [2.05, 4.69) is 20.3 Å². The van der Waals surface area contributed by atoms with E-state index in [0.29, 0.717) is 30.1 Å². The van der Waals surface area contributed by atoms with Gasteiger partial charge in [0.25, 0.3) is 0 Å². The molecule has 0 spiro atoms. The smallest absolute Gasteiger partial charge is 0.389 e. The summed E-state index contributed by atoms with van der Waals surface area (Å²) in [5, 5.41) is 13.0. The van der Waals surface area contributed by atoms with E-state index in [4.69, 9.17) is 0 Å². The van der Waals surface area contributed by atoms with Gasteiger partial charge in [-0.3, -0.25) is 0 Å². The largest absolute Gasteiger partial charge is 0.391 e. The molecule has 5 nitrogen and oxygen atoms in total. The van der Waals surface area contributed by atoms with Crippen molar-refractivity contribution in [1.29, 1.82) is 0 Å². The Kier molecular flexibility index (Phi) is 5.27. The first kappa shape index (κ1) is 18.1. The Labute approximate surface area is 144 Å². The van der Waals surface area contributed by atoms with Gasteiger partial charge in [0.1, 0.15) is 5.82 Å². The van der Waals surface area contributed by atoms with E-state index in [0.717, 1.165) is 31.3 Å². The molecule has 2 atom stereocenters. The van der Waals surface area contributed by atoms with E-state index in [1.165, 1.54) is 6.92 Å². The highest BCUT2D eigenvalue weighted by molar-refractivity contribution is 5.62. The van der Waals surface area contributed by atoms with Crippen LogP contribution in [0, 0.1) is 5.92 Å². The van der Waals surface area contributed by atoms with Gasteiger partial charge in [-0.15, -0.1) is 0 Å². The summed E-state index contributed by atoms with van der Waals surface area (Å²) in [7, 11) is 0. The molecule has 2 aliphatic rings. The molecule has 2 aliphatic carbocycles. The lowest BCUT2D eigenvalue weighted by Crippen LogP contribution is -2.21. The molecule has 0 aromatic carbocycles. The van der Waals surface area contributed by atoms with Crippen molar-refractivity contribution in [2.24, 2.45) is 5.92 Å². The minimum absolute atomic E-state index is 0.0580. The maximum atomic E-state index is 12.7. The first-order valence-corrected chi connectivity index (χ1v) is 8.78. The molecule has 1 fully saturated rings. The van der Waals surface area contributed by atoms with Crippen molar-refractivity contribution in [2.45, 2.75) is 70.2 Å². The topological polar surface area (TPSA) is 70.9 Å². The first-order valence-electron chi connectivity index (χ1n) is 8.78. The van der Waals surface area contributed by atoms with Gasteiger partial charge in [0.2, 0.25) is 5.95 Å². The van der Waals surface area contributed by atoms with Crippen LogP contribution in [-0.2, 0) is 6.42 Å². The molecular formula is C17H23F3N4O. The van der Waals surface area contributed by atoms with Crippen molar-refractivity contribution in [1.82, 2.24) is 15.0 Å². The van der Waals surface area contributed by atoms with Gasteiger partial charge in [-0.25, -0.2) is 4.98 Å². The quantitative estimate of drug-likeness (QED) is 0.816. The normalized spacial score (nSPS) is 22.4. The molecule has 1 saturated carbocycles. The van der Waals surface area contributed by atoms with Crippen molar-refractivity contribution < 1.29 is 18.3 Å². The fourth-order valence-corrected chi connectivity index (χ4v) is 2.75. The van der Waals surface area contributed by atoms with Crippen molar-refractivity contribution >= 4 is 11.5 Å². The van der Waals surface area contributed by atoms with Crippen molar-refractivity contribution in [3.63, 3.8) is 0 Å². The van der Waals surface area contributed by atoms with Gasteiger partial charge in [-0.1, -0.05) is 6.92 Å². The summed E-state index contributed by atoms with van der Waals surface area (Å²) in [6.07, 6.45) is 1.48. The Balaban J connectivity index is 1.80. The SMILES string of the molecule is C[C@@H](CCc1nc(NC2CC2)nc(C2=CC(O)CCC2)n1)C(F)(F)F. The lowest BCUT2D eigenvalue weighted by molar-refractivity contribution is -0.171. The van der Waals surface area contributed by atoms with Crippen molar-refractivity contribution in [3.05, 3.63) is 17.7 Å². The summed E-state index contributed by atoms with van der Waals surface area (Å²) in [5.74, 6) is -0.150. The van der Waals surface area contributed by atoms with Gasteiger partial charge in [-0.2, -0.15) is 23.1 Å². The van der Waals surface area contributed by atoms with Gasteiger partial charge in [-0.05, 0) is 50.2 Å². The van der Waals surface area contributed by atoms with Crippen LogP contribution in [0.5, 0.6) is 0 Å². The molecule has 2 N–H and O–H groups in total. The summed E-state index contributed by atoms with van der Waals surface area (Å²) in [4.78, 5) is 13.1. The Morgan fingerprint density at radius 2 is 2.00 bits per heavy atom. The van der Waals surface area contributed by atoms with Gasteiger partial charge in [0.15, 0.2) is 5.82 Å². The molecule has 3 rings (SSSR count). The molecule has 0 amide bonds. The number of nitrogens with zero attached hydrogens (tertiary/aromatic N) is 3. The number of nitrogens with one attached hydrogen (secondary N) is 1. The average Bonchev–Trinajstić information content (AvgIpc) is 3.35. The maximum absolute atomic E-state index is 12.7. The number of rotatable bonds is 6. The standard InChI is InChI=1S/C17H23F3N4O/c1-10(17(18,19)20)5-8-14-22-15(11-3-2-4-13(25)9-11)24-16(23-14)21-12-6-7-12/h9-10,12-13,25H,2-8H2,1H3,(H,21,22,23,24)/t10-,13?/m0/s1. The molecule has 1 aromatic heterocycles. The maximum Gasteiger partial charge on any atom is 0.391 e. The van der Waals surface area contributed by atoms with Crippen LogP contribution < -0.4 is 5.32 Å². The van der Waals surface area contributed by atoms with E-state index in [1.807, 2.05) is 0 Å². The van der Waals surface area contributed by atoms with E-state index >= 15 is 0 Å². The Hall–Kier alpha value is -1.70. The Morgan fingerprint density at radius 1 is 1.24 bits per heavy atom. The predicted octanol–water partition coefficient (Wildman–Crippen LogP) is 3.51. The fourth-order valence-electron chi connectivity index (χ4n) is 2.75. The summed E-state index contributed by atoms with van der Waals surface area (Å²) in [6, 6.07) is 0.336. The average molecular weight is 356 g/mol. The van der Waals surface area contributed by atoms with E-state index in [9.17, 15) is 18.3 Å². The number of alkyl halides is 3. The van der Waals surface area contributed by atoms with Crippen molar-refractivity contribution in [2.75, 3.05) is 5.32 Å². The number of aryl methyl sites for hydroxylation is 1. The number of hydrogen-bond acceptors (Lipinski definition) is 5. The zero-order valence-electron chi connectivity index (χ0n) is 14.2. The van der Waals surface area contributed by atoms with Crippen LogP contribution in [-0.4, -0.2) is 38.4 Å². The second kappa shape index (κ2) is 7.27.